The van der Waals surface area contributed by atoms with Gasteiger partial charge in [0, 0.05) is 24.9 Å². The molecule has 1 aliphatic heterocycles. The van der Waals surface area contributed by atoms with Gasteiger partial charge in [0.2, 0.25) is 5.91 Å². The normalized spacial score (nSPS) is 14.4. The molecule has 4 nitrogen and oxygen atoms in total. The van der Waals surface area contributed by atoms with Crippen LogP contribution in [0.4, 0.5) is 0 Å². The fraction of sp³-hybridized carbons (Fsp3) is 0.381. The number of nitrogens with one attached hydrogen (secondary N) is 2. The third-order valence-electron chi connectivity index (χ3n) is 4.87. The highest BCUT2D eigenvalue weighted by atomic mass is 16.5. The van der Waals surface area contributed by atoms with Crippen molar-refractivity contribution in [1.82, 2.24) is 5.32 Å². The number of hydrogen-bond acceptors (Lipinski definition) is 2. The van der Waals surface area contributed by atoms with Crippen molar-refractivity contribution in [2.45, 2.75) is 32.4 Å². The second-order valence-electron chi connectivity index (χ2n) is 6.70. The number of likely N-dealkylation sites (tertiary alicyclic amines) is 1. The molecule has 2 aromatic rings. The molecule has 3 rings (SSSR count). The second-order valence-corrected chi connectivity index (χ2v) is 6.70. The number of hydrogen-bond donors (Lipinski definition) is 2. The highest BCUT2D eigenvalue weighted by molar-refractivity contribution is 5.78. The van der Waals surface area contributed by atoms with Crippen molar-refractivity contribution < 1.29 is 14.4 Å². The van der Waals surface area contributed by atoms with Crippen LogP contribution in [0.1, 0.15) is 29.5 Å². The van der Waals surface area contributed by atoms with Gasteiger partial charge < -0.3 is 15.0 Å². The standard InChI is InChI=1S/C21H26N2O2/c1-25-20-10-8-17(9-11-20)14-21(24)22-15-18-6-2-3-7-19(18)16-23-12-4-5-13-23/h2-3,6-11H,4-5,12-16H2,1H3,(H,22,24)/p+1. The maximum Gasteiger partial charge on any atom is 0.224 e. The summed E-state index contributed by atoms with van der Waals surface area (Å²) in [6, 6.07) is 16.1. The van der Waals surface area contributed by atoms with Gasteiger partial charge in [-0.15, -0.1) is 0 Å². The highest BCUT2D eigenvalue weighted by Crippen LogP contribution is 2.12. The van der Waals surface area contributed by atoms with Crippen molar-refractivity contribution in [2.24, 2.45) is 0 Å². The Hall–Kier alpha value is -2.33. The quantitative estimate of drug-likeness (QED) is 0.807. The smallest absolute Gasteiger partial charge is 0.224 e. The second kappa shape index (κ2) is 8.67. The van der Waals surface area contributed by atoms with Gasteiger partial charge in [-0.2, -0.15) is 0 Å². The van der Waals surface area contributed by atoms with Crippen molar-refractivity contribution in [3.05, 3.63) is 65.2 Å². The molecule has 2 N–H and O–H groups in total. The van der Waals surface area contributed by atoms with E-state index in [0.717, 1.165) is 17.9 Å². The summed E-state index contributed by atoms with van der Waals surface area (Å²) in [6.07, 6.45) is 3.05. The van der Waals surface area contributed by atoms with E-state index < -0.39 is 0 Å². The van der Waals surface area contributed by atoms with Crippen LogP contribution in [0.15, 0.2) is 48.5 Å². The summed E-state index contributed by atoms with van der Waals surface area (Å²) in [6.45, 7) is 4.18. The summed E-state index contributed by atoms with van der Waals surface area (Å²) < 4.78 is 5.14. The topological polar surface area (TPSA) is 42.8 Å². The molecule has 2 aromatic carbocycles. The Bertz CT molecular complexity index is 691. The molecule has 1 saturated heterocycles. The number of carbonyl (C=O) groups excluding carboxylic acids is 1. The molecule has 1 heterocycles. The molecule has 1 fully saturated rings. The molecular weight excluding hydrogens is 312 g/mol. The number of quaternary nitrogens is 1. The molecule has 0 saturated carbocycles. The number of methoxy groups -OCH3 is 1. The maximum absolute atomic E-state index is 12.2. The minimum atomic E-state index is 0.0495. The van der Waals surface area contributed by atoms with Crippen LogP contribution in [0, 0.1) is 0 Å². The van der Waals surface area contributed by atoms with Gasteiger partial charge in [-0.1, -0.05) is 36.4 Å². The number of ether oxygens (including phenoxy) is 1. The Balaban J connectivity index is 1.54. The Morgan fingerprint density at radius 2 is 1.72 bits per heavy atom. The molecular formula is C21H27N2O2+. The molecule has 25 heavy (non-hydrogen) atoms. The van der Waals surface area contributed by atoms with E-state index in [2.05, 4.69) is 23.5 Å². The predicted molar refractivity (Wildman–Crippen MR) is 98.6 cm³/mol. The van der Waals surface area contributed by atoms with Gasteiger partial charge >= 0.3 is 0 Å². The third-order valence-corrected chi connectivity index (χ3v) is 4.87. The Labute approximate surface area is 149 Å². The molecule has 0 aromatic heterocycles. The molecule has 0 unspecified atom stereocenters. The lowest BCUT2D eigenvalue weighted by Gasteiger charge is -2.15. The Morgan fingerprint density at radius 3 is 2.40 bits per heavy atom. The van der Waals surface area contributed by atoms with Crippen LogP contribution in [0.3, 0.4) is 0 Å². The minimum absolute atomic E-state index is 0.0495. The van der Waals surface area contributed by atoms with Crippen molar-refractivity contribution >= 4 is 5.91 Å². The zero-order valence-corrected chi connectivity index (χ0v) is 14.9. The Kier molecular flexibility index (Phi) is 6.07. The maximum atomic E-state index is 12.2. The van der Waals surface area contributed by atoms with Gasteiger partial charge in [0.15, 0.2) is 0 Å². The molecule has 0 bridgehead atoms. The summed E-state index contributed by atoms with van der Waals surface area (Å²) in [5, 5.41) is 3.06. The average molecular weight is 339 g/mol. The SMILES string of the molecule is COc1ccc(CC(=O)NCc2ccccc2C[NH+]2CCCC2)cc1. The lowest BCUT2D eigenvalue weighted by atomic mass is 10.1. The molecule has 0 radical (unpaired) electrons. The van der Waals surface area contributed by atoms with E-state index in [9.17, 15) is 4.79 Å². The lowest BCUT2D eigenvalue weighted by Crippen LogP contribution is -3.08. The fourth-order valence-electron chi connectivity index (χ4n) is 3.41. The highest BCUT2D eigenvalue weighted by Gasteiger charge is 2.17. The van der Waals surface area contributed by atoms with Gasteiger partial charge in [0.25, 0.3) is 0 Å². The van der Waals surface area contributed by atoms with Crippen molar-refractivity contribution in [3.8, 4) is 5.75 Å². The van der Waals surface area contributed by atoms with Gasteiger partial charge in [0.05, 0.1) is 26.6 Å². The van der Waals surface area contributed by atoms with Crippen molar-refractivity contribution in [1.29, 1.82) is 0 Å². The first kappa shape index (κ1) is 17.5. The third kappa shape index (κ3) is 5.07. The summed E-state index contributed by atoms with van der Waals surface area (Å²) >= 11 is 0. The van der Waals surface area contributed by atoms with Gasteiger partial charge in [-0.25, -0.2) is 0 Å². The monoisotopic (exact) mass is 339 g/mol. The van der Waals surface area contributed by atoms with E-state index in [1.165, 1.54) is 37.1 Å². The van der Waals surface area contributed by atoms with Gasteiger partial charge in [-0.3, -0.25) is 4.79 Å². The van der Waals surface area contributed by atoms with Gasteiger partial charge in [-0.05, 0) is 23.3 Å². The molecule has 1 amide bonds. The lowest BCUT2D eigenvalue weighted by molar-refractivity contribution is -0.901. The van der Waals surface area contributed by atoms with Crippen LogP contribution in [-0.2, 0) is 24.3 Å². The van der Waals surface area contributed by atoms with E-state index in [0.29, 0.717) is 13.0 Å². The summed E-state index contributed by atoms with van der Waals surface area (Å²) in [5.41, 5.74) is 3.57. The first-order chi connectivity index (χ1) is 12.2. The number of amides is 1. The largest absolute Gasteiger partial charge is 0.497 e. The van der Waals surface area contributed by atoms with Crippen LogP contribution >= 0.6 is 0 Å². The predicted octanol–water partition coefficient (Wildman–Crippen LogP) is 1.73. The summed E-state index contributed by atoms with van der Waals surface area (Å²) in [7, 11) is 1.64. The molecule has 132 valence electrons. The zero-order chi connectivity index (χ0) is 17.5. The van der Waals surface area contributed by atoms with E-state index in [1.807, 2.05) is 30.3 Å². The van der Waals surface area contributed by atoms with Crippen LogP contribution < -0.4 is 15.0 Å². The van der Waals surface area contributed by atoms with Crippen LogP contribution in [0.25, 0.3) is 0 Å². The van der Waals surface area contributed by atoms with Gasteiger partial charge in [0.1, 0.15) is 12.3 Å². The van der Waals surface area contributed by atoms with E-state index >= 15 is 0 Å². The number of benzene rings is 2. The number of carbonyl (C=O) groups is 1. The summed E-state index contributed by atoms with van der Waals surface area (Å²) in [4.78, 5) is 13.9. The van der Waals surface area contributed by atoms with E-state index in [1.54, 1.807) is 12.0 Å². The molecule has 0 spiro atoms. The first-order valence-electron chi connectivity index (χ1n) is 9.04. The van der Waals surface area contributed by atoms with Crippen molar-refractivity contribution in [2.75, 3.05) is 20.2 Å². The van der Waals surface area contributed by atoms with Crippen LogP contribution in [0.5, 0.6) is 5.75 Å². The molecule has 0 aliphatic carbocycles. The number of rotatable bonds is 7. The van der Waals surface area contributed by atoms with Crippen molar-refractivity contribution in [3.63, 3.8) is 0 Å². The van der Waals surface area contributed by atoms with E-state index in [-0.39, 0.29) is 5.91 Å². The average Bonchev–Trinajstić information content (AvgIpc) is 3.15. The first-order valence-corrected chi connectivity index (χ1v) is 9.04. The van der Waals surface area contributed by atoms with Crippen LogP contribution in [-0.4, -0.2) is 26.1 Å². The summed E-state index contributed by atoms with van der Waals surface area (Å²) in [5.74, 6) is 0.857. The zero-order valence-electron chi connectivity index (χ0n) is 14.9. The Morgan fingerprint density at radius 1 is 1.04 bits per heavy atom. The molecule has 0 atom stereocenters. The fourth-order valence-corrected chi connectivity index (χ4v) is 3.41. The molecule has 4 heteroatoms. The molecule has 1 aliphatic rings. The van der Waals surface area contributed by atoms with Crippen LogP contribution in [0.2, 0.25) is 0 Å². The van der Waals surface area contributed by atoms with E-state index in [4.69, 9.17) is 4.74 Å². The minimum Gasteiger partial charge on any atom is -0.497 e.